The Morgan fingerprint density at radius 3 is 2.70 bits per heavy atom. The fourth-order valence-electron chi connectivity index (χ4n) is 1.74. The summed E-state index contributed by atoms with van der Waals surface area (Å²) in [6.07, 6.45) is 1.48. The molecule has 0 saturated carbocycles. The van der Waals surface area contributed by atoms with E-state index >= 15 is 0 Å². The summed E-state index contributed by atoms with van der Waals surface area (Å²) in [6, 6.07) is 3.15. The zero-order chi connectivity index (χ0) is 14.9. The summed E-state index contributed by atoms with van der Waals surface area (Å²) >= 11 is 0. The molecule has 2 aromatic rings. The number of phenolic OH excluding ortho intramolecular Hbond substituents is 1. The summed E-state index contributed by atoms with van der Waals surface area (Å²) in [4.78, 5) is -0.0261. The van der Waals surface area contributed by atoms with Gasteiger partial charge in [-0.3, -0.25) is 0 Å². The van der Waals surface area contributed by atoms with Crippen LogP contribution in [0.4, 0.5) is 5.69 Å². The summed E-state index contributed by atoms with van der Waals surface area (Å²) in [7, 11) is -2.04. The normalized spacial score (nSPS) is 13.3. The molecule has 0 aliphatic rings. The van der Waals surface area contributed by atoms with Gasteiger partial charge in [0.2, 0.25) is 10.0 Å². The van der Waals surface area contributed by atoms with E-state index in [0.717, 1.165) is 0 Å². The van der Waals surface area contributed by atoms with Crippen LogP contribution >= 0.6 is 0 Å². The van der Waals surface area contributed by atoms with Crippen molar-refractivity contribution < 1.29 is 13.5 Å². The Balaban J connectivity index is 2.27. The van der Waals surface area contributed by atoms with Crippen LogP contribution in [0.1, 0.15) is 18.8 Å². The van der Waals surface area contributed by atoms with Crippen molar-refractivity contribution in [3.63, 3.8) is 0 Å². The van der Waals surface area contributed by atoms with Crippen molar-refractivity contribution in [3.05, 3.63) is 30.4 Å². The summed E-state index contributed by atoms with van der Waals surface area (Å²) < 4.78 is 28.5. The van der Waals surface area contributed by atoms with Gasteiger partial charge in [0, 0.05) is 7.05 Å². The lowest BCUT2D eigenvalue weighted by Crippen LogP contribution is -2.28. The molecule has 0 amide bonds. The number of hydrogen-bond acceptors (Lipinski definition) is 6. The number of nitrogens with one attached hydrogen (secondary N) is 1. The van der Waals surface area contributed by atoms with Crippen LogP contribution in [0.25, 0.3) is 0 Å². The number of nitrogens with two attached hydrogens (primary N) is 1. The van der Waals surface area contributed by atoms with Gasteiger partial charge in [-0.1, -0.05) is 0 Å². The average Bonchev–Trinajstić information content (AvgIpc) is 2.78. The molecule has 0 fully saturated rings. The van der Waals surface area contributed by atoms with E-state index < -0.39 is 16.1 Å². The molecular weight excluding hydrogens is 282 g/mol. The number of benzene rings is 1. The zero-order valence-electron chi connectivity index (χ0n) is 11.0. The van der Waals surface area contributed by atoms with Crippen LogP contribution in [-0.2, 0) is 17.1 Å². The van der Waals surface area contributed by atoms with Crippen LogP contribution in [0.5, 0.6) is 5.75 Å². The van der Waals surface area contributed by atoms with Gasteiger partial charge >= 0.3 is 0 Å². The molecule has 9 heteroatoms. The molecule has 2 rings (SSSR count). The minimum absolute atomic E-state index is 0.000753. The Morgan fingerprint density at radius 1 is 1.45 bits per heavy atom. The SMILES string of the molecule is CC(NS(=O)(=O)c1ccc(O)c(N)c1)c1nncn1C. The van der Waals surface area contributed by atoms with Crippen molar-refractivity contribution in [2.75, 3.05) is 5.73 Å². The minimum Gasteiger partial charge on any atom is -0.506 e. The van der Waals surface area contributed by atoms with Gasteiger partial charge in [0.1, 0.15) is 17.9 Å². The first-order chi connectivity index (χ1) is 9.31. The van der Waals surface area contributed by atoms with Gasteiger partial charge in [0.05, 0.1) is 16.6 Å². The molecule has 0 radical (unpaired) electrons. The van der Waals surface area contributed by atoms with Crippen molar-refractivity contribution in [1.29, 1.82) is 0 Å². The van der Waals surface area contributed by atoms with Gasteiger partial charge in [-0.25, -0.2) is 13.1 Å². The molecule has 1 atom stereocenters. The number of hydrogen-bond donors (Lipinski definition) is 3. The zero-order valence-corrected chi connectivity index (χ0v) is 11.8. The second-order valence-electron chi connectivity index (χ2n) is 4.36. The molecule has 4 N–H and O–H groups in total. The van der Waals surface area contributed by atoms with Crippen LogP contribution in [0.2, 0.25) is 0 Å². The topological polar surface area (TPSA) is 123 Å². The van der Waals surface area contributed by atoms with Crippen molar-refractivity contribution >= 4 is 15.7 Å². The highest BCUT2D eigenvalue weighted by atomic mass is 32.2. The van der Waals surface area contributed by atoms with Gasteiger partial charge in [-0.05, 0) is 25.1 Å². The van der Waals surface area contributed by atoms with Crippen LogP contribution < -0.4 is 10.5 Å². The first-order valence-electron chi connectivity index (χ1n) is 5.76. The fourth-order valence-corrected chi connectivity index (χ4v) is 2.97. The maximum Gasteiger partial charge on any atom is 0.241 e. The van der Waals surface area contributed by atoms with E-state index in [1.807, 2.05) is 0 Å². The third-order valence-electron chi connectivity index (χ3n) is 2.77. The quantitative estimate of drug-likeness (QED) is 0.545. The minimum atomic E-state index is -3.76. The van der Waals surface area contributed by atoms with Crippen LogP contribution in [0.3, 0.4) is 0 Å². The van der Waals surface area contributed by atoms with E-state index in [4.69, 9.17) is 5.73 Å². The molecule has 0 saturated heterocycles. The highest BCUT2D eigenvalue weighted by Crippen LogP contribution is 2.24. The van der Waals surface area contributed by atoms with E-state index in [2.05, 4.69) is 14.9 Å². The molecule has 1 heterocycles. The van der Waals surface area contributed by atoms with Crippen molar-refractivity contribution in [1.82, 2.24) is 19.5 Å². The maximum absolute atomic E-state index is 12.2. The largest absolute Gasteiger partial charge is 0.506 e. The van der Waals surface area contributed by atoms with Gasteiger partial charge in [-0.15, -0.1) is 10.2 Å². The number of aromatic nitrogens is 3. The number of sulfonamides is 1. The third-order valence-corrected chi connectivity index (χ3v) is 4.31. The average molecular weight is 297 g/mol. The highest BCUT2D eigenvalue weighted by molar-refractivity contribution is 7.89. The number of phenols is 1. The lowest BCUT2D eigenvalue weighted by atomic mass is 10.3. The van der Waals surface area contributed by atoms with Crippen molar-refractivity contribution in [3.8, 4) is 5.75 Å². The second-order valence-corrected chi connectivity index (χ2v) is 6.08. The first-order valence-corrected chi connectivity index (χ1v) is 7.24. The lowest BCUT2D eigenvalue weighted by molar-refractivity contribution is 0.477. The highest BCUT2D eigenvalue weighted by Gasteiger charge is 2.21. The summed E-state index contributed by atoms with van der Waals surface area (Å²) in [5.74, 6) is 0.325. The number of rotatable bonds is 4. The fraction of sp³-hybridized carbons (Fsp3) is 0.273. The molecule has 0 bridgehead atoms. The van der Waals surface area contributed by atoms with Gasteiger partial charge < -0.3 is 15.4 Å². The Bertz CT molecular complexity index is 725. The Morgan fingerprint density at radius 2 is 2.15 bits per heavy atom. The Kier molecular flexibility index (Phi) is 3.64. The monoisotopic (exact) mass is 297 g/mol. The molecule has 20 heavy (non-hydrogen) atoms. The Hall–Kier alpha value is -2.13. The molecule has 1 unspecified atom stereocenters. The predicted octanol–water partition coefficient (Wildman–Crippen LogP) is 0.142. The maximum atomic E-state index is 12.2. The first kappa shape index (κ1) is 14.3. The van der Waals surface area contributed by atoms with E-state index in [0.29, 0.717) is 5.82 Å². The molecule has 108 valence electrons. The smallest absolute Gasteiger partial charge is 0.241 e. The summed E-state index contributed by atoms with van der Waals surface area (Å²) in [6.45, 7) is 1.66. The van der Waals surface area contributed by atoms with E-state index in [-0.39, 0.29) is 16.3 Å². The van der Waals surface area contributed by atoms with Crippen LogP contribution in [0.15, 0.2) is 29.4 Å². The molecule has 0 aliphatic heterocycles. The van der Waals surface area contributed by atoms with E-state index in [1.54, 1.807) is 18.5 Å². The predicted molar refractivity (Wildman–Crippen MR) is 72.3 cm³/mol. The van der Waals surface area contributed by atoms with Gasteiger partial charge in [0.15, 0.2) is 0 Å². The number of aryl methyl sites for hydroxylation is 1. The lowest BCUT2D eigenvalue weighted by Gasteiger charge is -2.13. The summed E-state index contributed by atoms with van der Waals surface area (Å²) in [5.41, 5.74) is 5.50. The van der Waals surface area contributed by atoms with Crippen LogP contribution in [-0.4, -0.2) is 28.3 Å². The molecular formula is C11H15N5O3S. The standard InChI is InChI=1S/C11H15N5O3S/c1-7(11-14-13-6-16(11)2)15-20(18,19)8-3-4-10(17)9(12)5-8/h3-7,15,17H,12H2,1-2H3. The van der Waals surface area contributed by atoms with Gasteiger partial charge in [-0.2, -0.15) is 0 Å². The second kappa shape index (κ2) is 5.10. The van der Waals surface area contributed by atoms with E-state index in [9.17, 15) is 13.5 Å². The molecule has 0 aliphatic carbocycles. The van der Waals surface area contributed by atoms with Gasteiger partial charge in [0.25, 0.3) is 0 Å². The van der Waals surface area contributed by atoms with E-state index in [1.165, 1.54) is 24.5 Å². The number of aromatic hydroxyl groups is 1. The number of anilines is 1. The number of nitrogen functional groups attached to an aromatic ring is 1. The van der Waals surface area contributed by atoms with Crippen molar-refractivity contribution in [2.45, 2.75) is 17.9 Å². The number of nitrogens with zero attached hydrogens (tertiary/aromatic N) is 3. The summed E-state index contributed by atoms with van der Waals surface area (Å²) in [5, 5.41) is 16.9. The van der Waals surface area contributed by atoms with Crippen molar-refractivity contribution in [2.24, 2.45) is 7.05 Å². The Labute approximate surface area is 116 Å². The third kappa shape index (κ3) is 2.73. The molecule has 8 nitrogen and oxygen atoms in total. The molecule has 0 spiro atoms. The molecule has 1 aromatic heterocycles. The van der Waals surface area contributed by atoms with Crippen LogP contribution in [0, 0.1) is 0 Å². The molecule has 1 aromatic carbocycles.